The van der Waals surface area contributed by atoms with Crippen molar-refractivity contribution < 1.29 is 0 Å². The number of rotatable bonds is 4. The van der Waals surface area contributed by atoms with E-state index in [-0.39, 0.29) is 0 Å². The molecular weight excluding hydrogens is 290 g/mol. The van der Waals surface area contributed by atoms with Crippen molar-refractivity contribution in [1.82, 2.24) is 9.97 Å². The molecule has 18 heavy (non-hydrogen) atoms. The summed E-state index contributed by atoms with van der Waals surface area (Å²) in [5, 5.41) is 3.35. The Kier molecular flexibility index (Phi) is 4.98. The second-order valence-corrected chi connectivity index (χ2v) is 6.16. The summed E-state index contributed by atoms with van der Waals surface area (Å²) in [5.74, 6) is 3.38. The molecule has 1 aliphatic rings. The summed E-state index contributed by atoms with van der Waals surface area (Å²) in [4.78, 5) is 9.19. The molecule has 1 fully saturated rings. The van der Waals surface area contributed by atoms with E-state index >= 15 is 0 Å². The van der Waals surface area contributed by atoms with Crippen LogP contribution in [0.3, 0.4) is 0 Å². The molecular formula is C14H22BrN3. The number of anilines is 1. The first-order valence-electron chi connectivity index (χ1n) is 6.97. The Morgan fingerprint density at radius 1 is 1.33 bits per heavy atom. The zero-order chi connectivity index (χ0) is 13.0. The van der Waals surface area contributed by atoms with Crippen LogP contribution in [0.4, 0.5) is 5.82 Å². The molecule has 1 aromatic heterocycles. The molecule has 2 rings (SSSR count). The van der Waals surface area contributed by atoms with Crippen molar-refractivity contribution in [3.8, 4) is 0 Å². The molecule has 1 heterocycles. The van der Waals surface area contributed by atoms with Crippen LogP contribution in [0.5, 0.6) is 0 Å². The van der Waals surface area contributed by atoms with E-state index in [4.69, 9.17) is 0 Å². The fourth-order valence-electron chi connectivity index (χ4n) is 2.46. The zero-order valence-electron chi connectivity index (χ0n) is 11.2. The lowest BCUT2D eigenvalue weighted by molar-refractivity contribution is 0.339. The third-order valence-electron chi connectivity index (χ3n) is 3.69. The predicted molar refractivity (Wildman–Crippen MR) is 78.9 cm³/mol. The normalized spacial score (nSPS) is 23.9. The van der Waals surface area contributed by atoms with E-state index in [1.807, 2.05) is 6.20 Å². The summed E-state index contributed by atoms with van der Waals surface area (Å²) in [7, 11) is 0. The number of aromatic nitrogens is 2. The maximum atomic E-state index is 4.69. The third kappa shape index (κ3) is 3.44. The predicted octanol–water partition coefficient (Wildman–Crippen LogP) is 4.35. The Morgan fingerprint density at radius 2 is 2.06 bits per heavy atom. The highest BCUT2D eigenvalue weighted by Gasteiger charge is 2.22. The van der Waals surface area contributed by atoms with Crippen LogP contribution in [0.25, 0.3) is 0 Å². The topological polar surface area (TPSA) is 37.8 Å². The van der Waals surface area contributed by atoms with E-state index < -0.39 is 0 Å². The molecule has 4 heteroatoms. The second kappa shape index (κ2) is 6.50. The van der Waals surface area contributed by atoms with Crippen LogP contribution < -0.4 is 5.32 Å². The molecule has 1 aromatic rings. The molecule has 0 aliphatic heterocycles. The van der Waals surface area contributed by atoms with Crippen molar-refractivity contribution in [3.05, 3.63) is 16.5 Å². The van der Waals surface area contributed by atoms with E-state index in [0.717, 1.165) is 35.0 Å². The van der Waals surface area contributed by atoms with Gasteiger partial charge in [-0.25, -0.2) is 9.97 Å². The lowest BCUT2D eigenvalue weighted by Gasteiger charge is -2.25. The molecule has 0 unspecified atom stereocenters. The summed E-state index contributed by atoms with van der Waals surface area (Å²) in [6, 6.07) is 0. The molecule has 0 aromatic carbocycles. The van der Waals surface area contributed by atoms with Gasteiger partial charge >= 0.3 is 0 Å². The van der Waals surface area contributed by atoms with Gasteiger partial charge in [0.15, 0.2) is 0 Å². The molecule has 0 amide bonds. The minimum Gasteiger partial charge on any atom is -0.369 e. The molecule has 0 spiro atoms. The third-order valence-corrected chi connectivity index (χ3v) is 4.27. The molecule has 3 nitrogen and oxygen atoms in total. The highest BCUT2D eigenvalue weighted by molar-refractivity contribution is 9.10. The lowest BCUT2D eigenvalue weighted by atomic mass is 9.82. The van der Waals surface area contributed by atoms with Crippen LogP contribution in [0.15, 0.2) is 10.7 Å². The lowest BCUT2D eigenvalue weighted by Crippen LogP contribution is -2.14. The Bertz CT molecular complexity index is 387. The zero-order valence-corrected chi connectivity index (χ0v) is 12.8. The quantitative estimate of drug-likeness (QED) is 0.898. The fourth-order valence-corrected chi connectivity index (χ4v) is 2.79. The Morgan fingerprint density at radius 3 is 2.72 bits per heavy atom. The smallest absolute Gasteiger partial charge is 0.144 e. The van der Waals surface area contributed by atoms with Gasteiger partial charge in [-0.3, -0.25) is 0 Å². The average Bonchev–Trinajstić information content (AvgIpc) is 2.39. The van der Waals surface area contributed by atoms with Gasteiger partial charge in [-0.15, -0.1) is 0 Å². The van der Waals surface area contributed by atoms with Crippen LogP contribution in [0.1, 0.15) is 57.7 Å². The van der Waals surface area contributed by atoms with Gasteiger partial charge in [-0.05, 0) is 41.1 Å². The highest BCUT2D eigenvalue weighted by Crippen LogP contribution is 2.34. The molecule has 0 bridgehead atoms. The minimum atomic E-state index is 0.552. The van der Waals surface area contributed by atoms with E-state index in [0.29, 0.717) is 5.92 Å². The Balaban J connectivity index is 2.08. The number of hydrogen-bond acceptors (Lipinski definition) is 3. The van der Waals surface area contributed by atoms with Gasteiger partial charge in [0.05, 0.1) is 4.47 Å². The van der Waals surface area contributed by atoms with E-state index in [1.54, 1.807) is 0 Å². The van der Waals surface area contributed by atoms with Gasteiger partial charge in [0.25, 0.3) is 0 Å². The second-order valence-electron chi connectivity index (χ2n) is 5.31. The first kappa shape index (κ1) is 13.8. The molecule has 1 aliphatic carbocycles. The average molecular weight is 312 g/mol. The number of hydrogen-bond donors (Lipinski definition) is 1. The Labute approximate surface area is 118 Å². The van der Waals surface area contributed by atoms with Gasteiger partial charge in [0.2, 0.25) is 0 Å². The number of halogens is 1. The summed E-state index contributed by atoms with van der Waals surface area (Å²) < 4.78 is 0.962. The van der Waals surface area contributed by atoms with Crippen LogP contribution in [0.2, 0.25) is 0 Å². The molecule has 100 valence electrons. The van der Waals surface area contributed by atoms with Crippen LogP contribution in [-0.2, 0) is 0 Å². The van der Waals surface area contributed by atoms with E-state index in [1.165, 1.54) is 25.7 Å². The monoisotopic (exact) mass is 311 g/mol. The first-order valence-corrected chi connectivity index (χ1v) is 7.76. The van der Waals surface area contributed by atoms with Crippen molar-refractivity contribution in [2.45, 2.75) is 51.9 Å². The first-order chi connectivity index (χ1) is 8.70. The molecule has 0 atom stereocenters. The summed E-state index contributed by atoms with van der Waals surface area (Å²) >= 11 is 3.51. The fraction of sp³-hybridized carbons (Fsp3) is 0.714. The van der Waals surface area contributed by atoms with Gasteiger partial charge in [-0.1, -0.05) is 26.7 Å². The van der Waals surface area contributed by atoms with Crippen LogP contribution in [-0.4, -0.2) is 16.5 Å². The van der Waals surface area contributed by atoms with Gasteiger partial charge < -0.3 is 5.32 Å². The standard InChI is InChI=1S/C14H22BrN3/c1-3-8-16-14-12(15)9-17-13(18-14)11-6-4-10(2)5-7-11/h9-11H,3-8H2,1-2H3,(H,16,17,18). The molecule has 1 saturated carbocycles. The van der Waals surface area contributed by atoms with Crippen molar-refractivity contribution in [1.29, 1.82) is 0 Å². The largest absolute Gasteiger partial charge is 0.369 e. The highest BCUT2D eigenvalue weighted by atomic mass is 79.9. The van der Waals surface area contributed by atoms with Crippen molar-refractivity contribution >= 4 is 21.7 Å². The molecule has 0 radical (unpaired) electrons. The van der Waals surface area contributed by atoms with Gasteiger partial charge in [0.1, 0.15) is 11.6 Å². The van der Waals surface area contributed by atoms with Crippen molar-refractivity contribution in [2.24, 2.45) is 5.92 Å². The van der Waals surface area contributed by atoms with Crippen molar-refractivity contribution in [2.75, 3.05) is 11.9 Å². The van der Waals surface area contributed by atoms with Gasteiger partial charge in [-0.2, -0.15) is 0 Å². The summed E-state index contributed by atoms with van der Waals surface area (Å²) in [6.45, 7) is 5.45. The van der Waals surface area contributed by atoms with E-state index in [9.17, 15) is 0 Å². The summed E-state index contributed by atoms with van der Waals surface area (Å²) in [6.07, 6.45) is 8.07. The van der Waals surface area contributed by atoms with Crippen molar-refractivity contribution in [3.63, 3.8) is 0 Å². The Hall–Kier alpha value is -0.640. The van der Waals surface area contributed by atoms with Crippen LogP contribution in [0, 0.1) is 5.92 Å². The van der Waals surface area contributed by atoms with E-state index in [2.05, 4.69) is 45.1 Å². The number of nitrogens with one attached hydrogen (secondary N) is 1. The number of nitrogens with zero attached hydrogens (tertiary/aromatic N) is 2. The van der Waals surface area contributed by atoms with Crippen LogP contribution >= 0.6 is 15.9 Å². The minimum absolute atomic E-state index is 0.552. The maximum absolute atomic E-state index is 4.69. The maximum Gasteiger partial charge on any atom is 0.144 e. The SMILES string of the molecule is CCCNc1nc(C2CCC(C)CC2)ncc1Br. The summed E-state index contributed by atoms with van der Waals surface area (Å²) in [5.41, 5.74) is 0. The molecule has 0 saturated heterocycles. The van der Waals surface area contributed by atoms with Gasteiger partial charge in [0, 0.05) is 18.7 Å². The molecule has 1 N–H and O–H groups in total.